The standard InChI is InChI=1S/2C29H20/c2*1-3-9-20(10-4-1)25-17-16-23-19-27-24-14-8-7-11-21(24)15-18-26(27)28(29(23)25)22-12-5-2-6-13-22/h2*1-15,17-19H,16H2. The van der Waals surface area contributed by atoms with Crippen LogP contribution in [0.3, 0.4) is 0 Å². The monoisotopic (exact) mass is 736 g/mol. The summed E-state index contributed by atoms with van der Waals surface area (Å²) < 4.78 is 0. The molecule has 0 aliphatic heterocycles. The smallest absolute Gasteiger partial charge is 0.00236 e. The molecule has 0 amide bonds. The molecule has 12 rings (SSSR count). The van der Waals surface area contributed by atoms with Gasteiger partial charge in [-0.1, -0.05) is 206 Å². The lowest BCUT2D eigenvalue weighted by Gasteiger charge is -2.18. The first-order valence-electron chi connectivity index (χ1n) is 20.4. The van der Waals surface area contributed by atoms with Gasteiger partial charge in [0.25, 0.3) is 0 Å². The molecule has 0 saturated heterocycles. The fraction of sp³-hybridized carbons (Fsp3) is 0.0345. The number of allylic oxidation sites excluding steroid dienone is 2. The van der Waals surface area contributed by atoms with Gasteiger partial charge in [-0.25, -0.2) is 0 Å². The minimum absolute atomic E-state index is 0.985. The molecule has 0 nitrogen and oxygen atoms in total. The first-order valence-corrected chi connectivity index (χ1v) is 20.4. The van der Waals surface area contributed by atoms with Crippen molar-refractivity contribution in [2.24, 2.45) is 0 Å². The van der Waals surface area contributed by atoms with Crippen LogP contribution in [0.25, 0.3) is 76.5 Å². The van der Waals surface area contributed by atoms with Crippen molar-refractivity contribution in [3.63, 3.8) is 0 Å². The summed E-state index contributed by atoms with van der Waals surface area (Å²) in [6.07, 6.45) is 6.76. The quantitative estimate of drug-likeness (QED) is 0.158. The van der Waals surface area contributed by atoms with E-state index in [0.29, 0.717) is 0 Å². The molecule has 0 saturated carbocycles. The van der Waals surface area contributed by atoms with Crippen molar-refractivity contribution in [3.05, 3.63) is 252 Å². The summed E-state index contributed by atoms with van der Waals surface area (Å²) in [5.74, 6) is 0. The Hall–Kier alpha value is -7.28. The predicted octanol–water partition coefficient (Wildman–Crippen LogP) is 15.3. The lowest BCUT2D eigenvalue weighted by atomic mass is 9.85. The highest BCUT2D eigenvalue weighted by Crippen LogP contribution is 2.47. The van der Waals surface area contributed by atoms with Crippen molar-refractivity contribution in [3.8, 4) is 22.3 Å². The van der Waals surface area contributed by atoms with Gasteiger partial charge in [0, 0.05) is 0 Å². The average Bonchev–Trinajstić information content (AvgIpc) is 3.93. The molecule has 0 aromatic heterocycles. The first-order chi connectivity index (χ1) is 28.8. The predicted molar refractivity (Wildman–Crippen MR) is 248 cm³/mol. The van der Waals surface area contributed by atoms with Gasteiger partial charge in [0.2, 0.25) is 0 Å². The largest absolute Gasteiger partial charge is 0.0716 e. The highest BCUT2D eigenvalue weighted by atomic mass is 14.3. The van der Waals surface area contributed by atoms with Gasteiger partial charge in [0.15, 0.2) is 0 Å². The molecule has 2 aliphatic rings. The highest BCUT2D eigenvalue weighted by Gasteiger charge is 2.25. The lowest BCUT2D eigenvalue weighted by Crippen LogP contribution is -1.95. The molecule has 0 heterocycles. The van der Waals surface area contributed by atoms with Gasteiger partial charge < -0.3 is 0 Å². The van der Waals surface area contributed by atoms with Crippen molar-refractivity contribution in [2.45, 2.75) is 12.8 Å². The number of rotatable bonds is 4. The summed E-state index contributed by atoms with van der Waals surface area (Å²) in [6.45, 7) is 0. The van der Waals surface area contributed by atoms with E-state index in [1.54, 1.807) is 0 Å². The van der Waals surface area contributed by atoms with Gasteiger partial charge in [-0.05, 0) is 135 Å². The van der Waals surface area contributed by atoms with Crippen LogP contribution in [0.5, 0.6) is 0 Å². The van der Waals surface area contributed by atoms with E-state index in [1.165, 1.54) is 110 Å². The minimum Gasteiger partial charge on any atom is -0.0716 e. The van der Waals surface area contributed by atoms with E-state index < -0.39 is 0 Å². The zero-order valence-corrected chi connectivity index (χ0v) is 32.2. The summed E-state index contributed by atoms with van der Waals surface area (Å²) in [4.78, 5) is 0. The molecule has 272 valence electrons. The summed E-state index contributed by atoms with van der Waals surface area (Å²) in [7, 11) is 0. The molecule has 10 aromatic carbocycles. The topological polar surface area (TPSA) is 0 Å². The Morgan fingerprint density at radius 3 is 0.983 bits per heavy atom. The van der Waals surface area contributed by atoms with Crippen LogP contribution in [0.4, 0.5) is 0 Å². The van der Waals surface area contributed by atoms with E-state index in [2.05, 4.69) is 218 Å². The first kappa shape index (κ1) is 34.0. The summed E-state index contributed by atoms with van der Waals surface area (Å²) >= 11 is 0. The zero-order valence-electron chi connectivity index (χ0n) is 32.2. The van der Waals surface area contributed by atoms with Crippen LogP contribution in [0.2, 0.25) is 0 Å². The molecule has 0 atom stereocenters. The zero-order chi connectivity index (χ0) is 38.4. The fourth-order valence-electron chi connectivity index (χ4n) is 9.56. The molecule has 2 aliphatic carbocycles. The molecule has 58 heavy (non-hydrogen) atoms. The third-order valence-electron chi connectivity index (χ3n) is 12.1. The molecule has 10 aromatic rings. The second-order valence-corrected chi connectivity index (χ2v) is 15.4. The Morgan fingerprint density at radius 1 is 0.241 bits per heavy atom. The molecule has 0 spiro atoms. The van der Waals surface area contributed by atoms with Crippen LogP contribution < -0.4 is 0 Å². The van der Waals surface area contributed by atoms with E-state index in [0.717, 1.165) is 12.8 Å². The molecule has 0 radical (unpaired) electrons. The second kappa shape index (κ2) is 14.3. The number of benzene rings is 10. The van der Waals surface area contributed by atoms with E-state index in [-0.39, 0.29) is 0 Å². The van der Waals surface area contributed by atoms with Crippen LogP contribution in [0.15, 0.2) is 218 Å². The maximum Gasteiger partial charge on any atom is -0.00236 e. The normalized spacial score (nSPS) is 12.9. The Labute approximate surface area is 339 Å². The van der Waals surface area contributed by atoms with Gasteiger partial charge >= 0.3 is 0 Å². The maximum atomic E-state index is 2.42. The molecule has 0 N–H and O–H groups in total. The molecule has 0 heteroatoms. The van der Waals surface area contributed by atoms with Crippen molar-refractivity contribution in [1.29, 1.82) is 0 Å². The molecule has 0 bridgehead atoms. The SMILES string of the molecule is C1=C(c2ccccc2)c2c(cc3c(ccc4ccccc43)c2-c2ccccc2)C1.C1=C(c2ccccc2)c2c(cc3c(ccc4ccccc43)c2-c2ccccc2)C1. The second-order valence-electron chi connectivity index (χ2n) is 15.4. The van der Waals surface area contributed by atoms with Crippen LogP contribution in [-0.4, -0.2) is 0 Å². The van der Waals surface area contributed by atoms with Crippen LogP contribution in [0, 0.1) is 0 Å². The van der Waals surface area contributed by atoms with Gasteiger partial charge in [-0.15, -0.1) is 0 Å². The lowest BCUT2D eigenvalue weighted by molar-refractivity contribution is 1.33. The third-order valence-corrected chi connectivity index (χ3v) is 12.1. The number of fused-ring (bicyclic) bond motifs is 8. The van der Waals surface area contributed by atoms with E-state index in [4.69, 9.17) is 0 Å². The average molecular weight is 737 g/mol. The highest BCUT2D eigenvalue weighted by molar-refractivity contribution is 6.17. The van der Waals surface area contributed by atoms with Gasteiger partial charge in [0.1, 0.15) is 0 Å². The molecular weight excluding hydrogens is 697 g/mol. The van der Waals surface area contributed by atoms with E-state index in [1.807, 2.05) is 0 Å². The Balaban J connectivity index is 0.000000133. The number of hydrogen-bond acceptors (Lipinski definition) is 0. The van der Waals surface area contributed by atoms with Crippen LogP contribution in [-0.2, 0) is 12.8 Å². The summed E-state index contributed by atoms with van der Waals surface area (Å²) in [6, 6.07) is 74.7. The minimum atomic E-state index is 0.985. The van der Waals surface area contributed by atoms with Gasteiger partial charge in [-0.3, -0.25) is 0 Å². The maximum absolute atomic E-state index is 2.42. The molecule has 0 fully saturated rings. The Kier molecular flexibility index (Phi) is 8.41. The van der Waals surface area contributed by atoms with Gasteiger partial charge in [0.05, 0.1) is 0 Å². The van der Waals surface area contributed by atoms with Crippen molar-refractivity contribution in [1.82, 2.24) is 0 Å². The number of hydrogen-bond donors (Lipinski definition) is 0. The Morgan fingerprint density at radius 2 is 0.586 bits per heavy atom. The van der Waals surface area contributed by atoms with Gasteiger partial charge in [-0.2, -0.15) is 0 Å². The van der Waals surface area contributed by atoms with Crippen molar-refractivity contribution in [2.75, 3.05) is 0 Å². The fourth-order valence-corrected chi connectivity index (χ4v) is 9.56. The van der Waals surface area contributed by atoms with Crippen LogP contribution >= 0.6 is 0 Å². The Bertz CT molecular complexity index is 3000. The van der Waals surface area contributed by atoms with E-state index in [9.17, 15) is 0 Å². The van der Waals surface area contributed by atoms with E-state index >= 15 is 0 Å². The third kappa shape index (κ3) is 5.77. The van der Waals surface area contributed by atoms with Crippen LogP contribution in [0.1, 0.15) is 33.4 Å². The molecule has 0 unspecified atom stereocenters. The van der Waals surface area contributed by atoms with Crippen molar-refractivity contribution >= 4 is 54.2 Å². The summed E-state index contributed by atoms with van der Waals surface area (Å²) in [5, 5.41) is 10.6. The molecular formula is C58H40. The summed E-state index contributed by atoms with van der Waals surface area (Å²) in [5.41, 5.74) is 16.2. The van der Waals surface area contributed by atoms with Crippen molar-refractivity contribution < 1.29 is 0 Å².